The Bertz CT molecular complexity index is 355. The fourth-order valence-electron chi connectivity index (χ4n) is 2.89. The predicted molar refractivity (Wildman–Crippen MR) is 71.7 cm³/mol. The van der Waals surface area contributed by atoms with Gasteiger partial charge in [-0.15, -0.1) is 0 Å². The molecule has 1 unspecified atom stereocenters. The minimum Gasteiger partial charge on any atom is -0.338 e. The van der Waals surface area contributed by atoms with Crippen molar-refractivity contribution in [1.29, 1.82) is 0 Å². The van der Waals surface area contributed by atoms with E-state index < -0.39 is 0 Å². The third-order valence-electron chi connectivity index (χ3n) is 3.94. The van der Waals surface area contributed by atoms with E-state index in [4.69, 9.17) is 0 Å². The molecule has 3 rings (SSSR count). The molecule has 2 fully saturated rings. The fraction of sp³-hybridized carbons (Fsp3) is 0.692. The molecule has 1 N–H and O–H groups in total. The van der Waals surface area contributed by atoms with E-state index in [-0.39, 0.29) is 0 Å². The third kappa shape index (κ3) is 2.62. The van der Waals surface area contributed by atoms with E-state index in [1.807, 2.05) is 18.5 Å². The molecule has 5 heteroatoms. The summed E-state index contributed by atoms with van der Waals surface area (Å²) in [7, 11) is 0. The van der Waals surface area contributed by atoms with E-state index in [2.05, 4.69) is 25.1 Å². The molecule has 1 aromatic rings. The number of hydrogen-bond donors (Lipinski definition) is 1. The van der Waals surface area contributed by atoms with Crippen molar-refractivity contribution in [1.82, 2.24) is 20.2 Å². The molecule has 2 saturated heterocycles. The minimum atomic E-state index is 0.734. The highest BCUT2D eigenvalue weighted by molar-refractivity contribution is 5.29. The minimum absolute atomic E-state index is 0.734. The average molecular weight is 247 g/mol. The fourth-order valence-corrected chi connectivity index (χ4v) is 2.89. The molecule has 3 heterocycles. The summed E-state index contributed by atoms with van der Waals surface area (Å²) in [5.74, 6) is 0.874. The predicted octanol–water partition coefficient (Wildman–Crippen LogP) is 0.351. The Morgan fingerprint density at radius 3 is 2.56 bits per heavy atom. The Balaban J connectivity index is 1.54. The smallest absolute Gasteiger partial charge is 0.225 e. The lowest BCUT2D eigenvalue weighted by Gasteiger charge is -2.40. The van der Waals surface area contributed by atoms with E-state index >= 15 is 0 Å². The van der Waals surface area contributed by atoms with Crippen LogP contribution in [-0.2, 0) is 0 Å². The van der Waals surface area contributed by atoms with Gasteiger partial charge in [-0.1, -0.05) is 0 Å². The monoisotopic (exact) mass is 247 g/mol. The SMILES string of the molecule is c1cnc(N2CCN(C3CCCNC3)CC2)nc1. The highest BCUT2D eigenvalue weighted by Crippen LogP contribution is 2.15. The number of piperazine rings is 1. The van der Waals surface area contributed by atoms with Crippen LogP contribution in [-0.4, -0.2) is 60.2 Å². The van der Waals surface area contributed by atoms with Crippen molar-refractivity contribution in [3.8, 4) is 0 Å². The van der Waals surface area contributed by atoms with Crippen molar-refractivity contribution in [2.75, 3.05) is 44.2 Å². The first-order valence-electron chi connectivity index (χ1n) is 6.90. The molecule has 5 nitrogen and oxygen atoms in total. The molecular formula is C13H21N5. The van der Waals surface area contributed by atoms with Crippen LogP contribution in [0.25, 0.3) is 0 Å². The highest BCUT2D eigenvalue weighted by atomic mass is 15.3. The van der Waals surface area contributed by atoms with Crippen molar-refractivity contribution in [2.45, 2.75) is 18.9 Å². The van der Waals surface area contributed by atoms with Gasteiger partial charge in [0.15, 0.2) is 0 Å². The lowest BCUT2D eigenvalue weighted by atomic mass is 10.1. The second-order valence-electron chi connectivity index (χ2n) is 5.07. The zero-order valence-corrected chi connectivity index (χ0v) is 10.8. The van der Waals surface area contributed by atoms with E-state index in [0.29, 0.717) is 0 Å². The van der Waals surface area contributed by atoms with Crippen LogP contribution in [0.5, 0.6) is 0 Å². The van der Waals surface area contributed by atoms with Gasteiger partial charge in [0.1, 0.15) is 0 Å². The first-order chi connectivity index (χ1) is 8.93. The largest absolute Gasteiger partial charge is 0.338 e. The van der Waals surface area contributed by atoms with Crippen LogP contribution in [0.4, 0.5) is 5.95 Å². The van der Waals surface area contributed by atoms with Crippen molar-refractivity contribution in [3.05, 3.63) is 18.5 Å². The summed E-state index contributed by atoms with van der Waals surface area (Å²) in [4.78, 5) is 13.5. The van der Waals surface area contributed by atoms with Crippen LogP contribution in [0.15, 0.2) is 18.5 Å². The molecule has 0 saturated carbocycles. The summed E-state index contributed by atoms with van der Waals surface area (Å²) < 4.78 is 0. The molecule has 1 aromatic heterocycles. The topological polar surface area (TPSA) is 44.3 Å². The standard InChI is InChI=1S/C13H21N5/c1-3-12(11-14-4-1)17-7-9-18(10-8-17)13-15-5-2-6-16-13/h2,5-6,12,14H,1,3-4,7-11H2. The van der Waals surface area contributed by atoms with Crippen LogP contribution in [0.2, 0.25) is 0 Å². The van der Waals surface area contributed by atoms with Crippen molar-refractivity contribution >= 4 is 5.95 Å². The van der Waals surface area contributed by atoms with Gasteiger partial charge in [0.25, 0.3) is 0 Å². The Hall–Kier alpha value is -1.20. The highest BCUT2D eigenvalue weighted by Gasteiger charge is 2.25. The van der Waals surface area contributed by atoms with Gasteiger partial charge < -0.3 is 10.2 Å². The number of anilines is 1. The lowest BCUT2D eigenvalue weighted by molar-refractivity contribution is 0.157. The molecule has 0 aromatic carbocycles. The number of piperidine rings is 1. The number of hydrogen-bond acceptors (Lipinski definition) is 5. The molecule has 0 bridgehead atoms. The van der Waals surface area contributed by atoms with E-state index in [9.17, 15) is 0 Å². The lowest BCUT2D eigenvalue weighted by Crippen LogP contribution is -2.54. The molecule has 1 atom stereocenters. The second-order valence-corrected chi connectivity index (χ2v) is 5.07. The summed E-state index contributed by atoms with van der Waals surface area (Å²) in [6, 6.07) is 2.60. The molecule has 0 aliphatic carbocycles. The van der Waals surface area contributed by atoms with Crippen LogP contribution >= 0.6 is 0 Å². The molecule has 98 valence electrons. The summed E-state index contributed by atoms with van der Waals surface area (Å²) in [5.41, 5.74) is 0. The molecule has 2 aliphatic heterocycles. The van der Waals surface area contributed by atoms with Gasteiger partial charge in [0.2, 0.25) is 5.95 Å². The van der Waals surface area contributed by atoms with Gasteiger partial charge in [-0.2, -0.15) is 0 Å². The van der Waals surface area contributed by atoms with E-state index in [1.54, 1.807) is 0 Å². The van der Waals surface area contributed by atoms with Crippen LogP contribution in [0.3, 0.4) is 0 Å². The van der Waals surface area contributed by atoms with E-state index in [0.717, 1.165) is 44.7 Å². The van der Waals surface area contributed by atoms with Gasteiger partial charge in [-0.05, 0) is 25.5 Å². The van der Waals surface area contributed by atoms with Crippen LogP contribution in [0, 0.1) is 0 Å². The summed E-state index contributed by atoms with van der Waals surface area (Å²) >= 11 is 0. The van der Waals surface area contributed by atoms with Crippen molar-refractivity contribution in [2.24, 2.45) is 0 Å². The van der Waals surface area contributed by atoms with Crippen molar-refractivity contribution in [3.63, 3.8) is 0 Å². The zero-order chi connectivity index (χ0) is 12.2. The maximum atomic E-state index is 4.32. The normalized spacial score (nSPS) is 26.2. The Morgan fingerprint density at radius 1 is 1.11 bits per heavy atom. The van der Waals surface area contributed by atoms with Crippen LogP contribution in [0.1, 0.15) is 12.8 Å². The van der Waals surface area contributed by atoms with E-state index in [1.165, 1.54) is 19.4 Å². The Morgan fingerprint density at radius 2 is 1.89 bits per heavy atom. The molecule has 2 aliphatic rings. The van der Waals surface area contributed by atoms with Crippen LogP contribution < -0.4 is 10.2 Å². The van der Waals surface area contributed by atoms with Gasteiger partial charge >= 0.3 is 0 Å². The molecule has 18 heavy (non-hydrogen) atoms. The number of nitrogens with one attached hydrogen (secondary N) is 1. The number of aromatic nitrogens is 2. The van der Waals surface area contributed by atoms with Gasteiger partial charge in [0, 0.05) is 51.2 Å². The maximum Gasteiger partial charge on any atom is 0.225 e. The summed E-state index contributed by atoms with van der Waals surface area (Å²) in [6.07, 6.45) is 6.29. The quantitative estimate of drug-likeness (QED) is 0.817. The average Bonchev–Trinajstić information content (AvgIpc) is 2.49. The first kappa shape index (κ1) is 11.9. The second kappa shape index (κ2) is 5.63. The van der Waals surface area contributed by atoms with Crippen molar-refractivity contribution < 1.29 is 0 Å². The van der Waals surface area contributed by atoms with Gasteiger partial charge in [-0.25, -0.2) is 9.97 Å². The number of nitrogens with zero attached hydrogens (tertiary/aromatic N) is 4. The molecule has 0 spiro atoms. The molecular weight excluding hydrogens is 226 g/mol. The summed E-state index contributed by atoms with van der Waals surface area (Å²) in [5, 5.41) is 3.50. The Kier molecular flexibility index (Phi) is 3.71. The number of rotatable bonds is 2. The first-order valence-corrected chi connectivity index (χ1v) is 6.90. The molecule has 0 radical (unpaired) electrons. The Labute approximate surface area is 108 Å². The van der Waals surface area contributed by atoms with Gasteiger partial charge in [-0.3, -0.25) is 4.90 Å². The molecule has 0 amide bonds. The zero-order valence-electron chi connectivity index (χ0n) is 10.8. The third-order valence-corrected chi connectivity index (χ3v) is 3.94. The van der Waals surface area contributed by atoms with Gasteiger partial charge in [0.05, 0.1) is 0 Å². The summed E-state index contributed by atoms with van der Waals surface area (Å²) in [6.45, 7) is 6.69. The maximum absolute atomic E-state index is 4.32.